The van der Waals surface area contributed by atoms with E-state index in [2.05, 4.69) is 88.0 Å². The number of thioether (sulfide) groups is 1. The van der Waals surface area contributed by atoms with Crippen LogP contribution in [0, 0.1) is 0 Å². The molecular weight excluding hydrogens is 426 g/mol. The zero-order valence-electron chi connectivity index (χ0n) is 18.6. The van der Waals surface area contributed by atoms with E-state index in [1.54, 1.807) is 0 Å². The van der Waals surface area contributed by atoms with Gasteiger partial charge in [-0.2, -0.15) is 0 Å². The molecule has 33 heavy (non-hydrogen) atoms. The molecule has 3 aromatic carbocycles. The Morgan fingerprint density at radius 2 is 1.91 bits per heavy atom. The number of benzene rings is 3. The van der Waals surface area contributed by atoms with Gasteiger partial charge >= 0.3 is 0 Å². The van der Waals surface area contributed by atoms with Crippen molar-refractivity contribution in [1.29, 1.82) is 0 Å². The van der Waals surface area contributed by atoms with Crippen LogP contribution in [0.15, 0.2) is 83.9 Å². The van der Waals surface area contributed by atoms with E-state index < -0.39 is 0 Å². The summed E-state index contributed by atoms with van der Waals surface area (Å²) < 4.78 is 6.32. The number of ether oxygens (including phenoxy) is 1. The first-order chi connectivity index (χ1) is 16.3. The Morgan fingerprint density at radius 3 is 2.85 bits per heavy atom. The second-order valence-electron chi connectivity index (χ2n) is 8.86. The minimum atomic E-state index is 0.574. The Morgan fingerprint density at radius 1 is 1.03 bits per heavy atom. The molecule has 166 valence electrons. The van der Waals surface area contributed by atoms with Gasteiger partial charge in [-0.25, -0.2) is 4.98 Å². The summed E-state index contributed by atoms with van der Waals surface area (Å²) in [6.45, 7) is 3.64. The van der Waals surface area contributed by atoms with Crippen LogP contribution in [0.1, 0.15) is 29.0 Å². The van der Waals surface area contributed by atoms with E-state index in [0.29, 0.717) is 12.6 Å². The van der Waals surface area contributed by atoms with Crippen molar-refractivity contribution in [1.82, 2.24) is 4.90 Å². The van der Waals surface area contributed by atoms with Crippen molar-refractivity contribution in [2.24, 2.45) is 0 Å². The number of pyridine rings is 1. The van der Waals surface area contributed by atoms with Gasteiger partial charge in [-0.1, -0.05) is 36.4 Å². The van der Waals surface area contributed by atoms with Crippen LogP contribution in [-0.2, 0) is 12.3 Å². The fourth-order valence-corrected chi connectivity index (χ4v) is 5.94. The number of nitrogens with zero attached hydrogens (tertiary/aromatic N) is 1. The van der Waals surface area contributed by atoms with Crippen LogP contribution < -0.4 is 15.0 Å². The van der Waals surface area contributed by atoms with Gasteiger partial charge in [0.05, 0.1) is 5.39 Å². The normalized spacial score (nSPS) is 17.3. The Bertz CT molecular complexity index is 1280. The molecule has 0 bridgehead atoms. The van der Waals surface area contributed by atoms with Gasteiger partial charge in [0.1, 0.15) is 6.73 Å². The van der Waals surface area contributed by atoms with E-state index in [0.717, 1.165) is 43.1 Å². The lowest BCUT2D eigenvalue weighted by Gasteiger charge is -2.29. The highest BCUT2D eigenvalue weighted by molar-refractivity contribution is 7.98. The summed E-state index contributed by atoms with van der Waals surface area (Å²) in [7, 11) is 0. The lowest BCUT2D eigenvalue weighted by atomic mass is 9.97. The number of hydrogen-bond acceptors (Lipinski definition) is 4. The zero-order valence-corrected chi connectivity index (χ0v) is 19.4. The first-order valence-corrected chi connectivity index (χ1v) is 12.6. The van der Waals surface area contributed by atoms with Gasteiger partial charge in [-0.05, 0) is 47.9 Å². The summed E-state index contributed by atoms with van der Waals surface area (Å²) in [5.41, 5.74) is 6.51. The fourth-order valence-electron chi connectivity index (χ4n) is 5.03. The Balaban J connectivity index is 1.20. The van der Waals surface area contributed by atoms with Crippen molar-refractivity contribution in [2.45, 2.75) is 29.5 Å². The van der Waals surface area contributed by atoms with Crippen molar-refractivity contribution in [3.05, 3.63) is 95.7 Å². The van der Waals surface area contributed by atoms with Crippen LogP contribution in [0.25, 0.3) is 10.9 Å². The van der Waals surface area contributed by atoms with Gasteiger partial charge in [-0.3, -0.25) is 4.90 Å². The van der Waals surface area contributed by atoms with Crippen LogP contribution in [0.5, 0.6) is 5.75 Å². The molecule has 2 N–H and O–H groups in total. The van der Waals surface area contributed by atoms with E-state index >= 15 is 0 Å². The predicted molar refractivity (Wildman–Crippen MR) is 135 cm³/mol. The second-order valence-corrected chi connectivity index (χ2v) is 9.91. The van der Waals surface area contributed by atoms with Gasteiger partial charge in [-0.15, -0.1) is 11.8 Å². The molecule has 1 atom stereocenters. The highest BCUT2D eigenvalue weighted by atomic mass is 32.2. The highest BCUT2D eigenvalue weighted by Crippen LogP contribution is 2.37. The monoisotopic (exact) mass is 454 g/mol. The molecule has 2 aliphatic rings. The molecule has 5 heteroatoms. The molecule has 0 fully saturated rings. The number of para-hydroxylation sites is 1. The summed E-state index contributed by atoms with van der Waals surface area (Å²) in [6, 6.07) is 26.0. The lowest BCUT2D eigenvalue weighted by Crippen LogP contribution is -2.34. The third kappa shape index (κ3) is 4.19. The van der Waals surface area contributed by atoms with E-state index in [9.17, 15) is 0 Å². The molecule has 3 heterocycles. The quantitative estimate of drug-likeness (QED) is 0.380. The summed E-state index contributed by atoms with van der Waals surface area (Å²) in [5, 5.41) is 4.80. The van der Waals surface area contributed by atoms with Gasteiger partial charge in [0.15, 0.2) is 11.9 Å². The maximum Gasteiger partial charge on any atom is 0.253 e. The number of aromatic amines is 1. The first kappa shape index (κ1) is 20.6. The summed E-state index contributed by atoms with van der Waals surface area (Å²) in [6.07, 6.45) is 3.14. The van der Waals surface area contributed by atoms with Gasteiger partial charge in [0.25, 0.3) is 5.52 Å². The van der Waals surface area contributed by atoms with Crippen molar-refractivity contribution in [2.75, 3.05) is 25.1 Å². The molecule has 6 rings (SSSR count). The summed E-state index contributed by atoms with van der Waals surface area (Å²) in [5.74, 6) is 2.53. The lowest BCUT2D eigenvalue weighted by molar-refractivity contribution is -0.345. The predicted octanol–water partition coefficient (Wildman–Crippen LogP) is 5.70. The molecule has 2 aliphatic heterocycles. The number of H-pyrrole nitrogens is 1. The molecule has 0 aliphatic carbocycles. The van der Waals surface area contributed by atoms with Crippen LogP contribution in [0.3, 0.4) is 0 Å². The van der Waals surface area contributed by atoms with Crippen molar-refractivity contribution in [3.63, 3.8) is 0 Å². The number of fused-ring (bicyclic) bond motifs is 4. The third-order valence-electron chi connectivity index (χ3n) is 6.73. The molecule has 1 unspecified atom stereocenters. The topological polar surface area (TPSA) is 38.6 Å². The second kappa shape index (κ2) is 9.08. The minimum absolute atomic E-state index is 0.574. The van der Waals surface area contributed by atoms with Crippen LogP contribution in [0.4, 0.5) is 5.69 Å². The molecule has 4 nitrogen and oxygen atoms in total. The van der Waals surface area contributed by atoms with Crippen molar-refractivity contribution < 1.29 is 9.72 Å². The summed E-state index contributed by atoms with van der Waals surface area (Å²) in [4.78, 5) is 7.19. The molecule has 0 saturated heterocycles. The molecule has 4 aromatic rings. The van der Waals surface area contributed by atoms with Crippen LogP contribution in [0.2, 0.25) is 0 Å². The molecule has 0 saturated carbocycles. The van der Waals surface area contributed by atoms with Crippen LogP contribution in [-0.4, -0.2) is 24.7 Å². The maximum atomic E-state index is 6.32. The third-order valence-corrected chi connectivity index (χ3v) is 7.79. The number of nitrogens with one attached hydrogen (secondary N) is 2. The Labute approximate surface area is 199 Å². The smallest absolute Gasteiger partial charge is 0.253 e. The Hall–Kier alpha value is -3.02. The number of rotatable bonds is 6. The number of hydrogen-bond donors (Lipinski definition) is 1. The largest absolute Gasteiger partial charge is 0.471 e. The average Bonchev–Trinajstić information content (AvgIpc) is 3.29. The van der Waals surface area contributed by atoms with Crippen molar-refractivity contribution >= 4 is 28.4 Å². The van der Waals surface area contributed by atoms with Gasteiger partial charge in [0, 0.05) is 53.5 Å². The molecular formula is C28H28N3OS+. The van der Waals surface area contributed by atoms with Crippen LogP contribution >= 0.6 is 11.8 Å². The van der Waals surface area contributed by atoms with E-state index in [4.69, 9.17) is 4.74 Å². The maximum absolute atomic E-state index is 6.32. The first-order valence-electron chi connectivity index (χ1n) is 11.7. The standard InChI is InChI=1S/C28H27N3OS/c1-2-7-23(8-3-1)33-18-22-15-21-17-31(19-32-28(21)27-25(22)10-6-13-29-27)14-12-20-16-30-26-11-5-4-9-24(20)26/h1-11,13,15,20,30H,12,14,16-19H2/p+1. The van der Waals surface area contributed by atoms with E-state index in [1.165, 1.54) is 32.7 Å². The van der Waals surface area contributed by atoms with E-state index in [-0.39, 0.29) is 0 Å². The van der Waals surface area contributed by atoms with E-state index in [1.807, 2.05) is 18.0 Å². The SMILES string of the molecule is c1ccc(SCc2cc3c(c4[nH+]cccc24)OCN(CCC2CNc4ccccc42)C3)cc1. The highest BCUT2D eigenvalue weighted by Gasteiger charge is 2.27. The Kier molecular flexibility index (Phi) is 5.66. The summed E-state index contributed by atoms with van der Waals surface area (Å²) >= 11 is 1.89. The number of anilines is 1. The molecule has 0 spiro atoms. The molecule has 0 amide bonds. The molecule has 0 radical (unpaired) electrons. The minimum Gasteiger partial charge on any atom is -0.471 e. The van der Waals surface area contributed by atoms with Gasteiger partial charge in [0.2, 0.25) is 0 Å². The molecule has 1 aromatic heterocycles. The zero-order chi connectivity index (χ0) is 22.0. The fraction of sp³-hybridized carbons (Fsp3) is 0.250. The number of aromatic nitrogens is 1. The average molecular weight is 455 g/mol. The van der Waals surface area contributed by atoms with Gasteiger partial charge < -0.3 is 10.1 Å². The van der Waals surface area contributed by atoms with Crippen molar-refractivity contribution in [3.8, 4) is 5.75 Å².